The number of hydrogen-bond donors (Lipinski definition) is 1. The Morgan fingerprint density at radius 3 is 1.38 bits per heavy atom. The summed E-state index contributed by atoms with van der Waals surface area (Å²) in [6.07, 6.45) is 42.8. The van der Waals surface area contributed by atoms with Gasteiger partial charge in [-0.2, -0.15) is 0 Å². The third-order valence-electron chi connectivity index (χ3n) is 7.14. The third kappa shape index (κ3) is 27.7. The highest BCUT2D eigenvalue weighted by Gasteiger charge is 1.97. The molecule has 0 atom stereocenters. The third-order valence-corrected chi connectivity index (χ3v) is 7.14. The van der Waals surface area contributed by atoms with Gasteiger partial charge in [-0.05, 0) is 44.9 Å². The van der Waals surface area contributed by atoms with Gasteiger partial charge in [-0.15, -0.1) is 0 Å². The van der Waals surface area contributed by atoms with Crippen LogP contribution >= 0.6 is 0 Å². The quantitative estimate of drug-likeness (QED) is 0.0879. The van der Waals surface area contributed by atoms with Gasteiger partial charge < -0.3 is 5.11 Å². The molecule has 0 aromatic rings. The zero-order valence-electron chi connectivity index (χ0n) is 23.8. The highest BCUT2D eigenvalue weighted by atomic mass is 16.2. The van der Waals surface area contributed by atoms with Crippen molar-refractivity contribution in [2.75, 3.05) is 6.61 Å². The zero-order chi connectivity index (χ0) is 24.8. The van der Waals surface area contributed by atoms with Crippen molar-refractivity contribution in [1.82, 2.24) is 0 Å². The first-order valence-corrected chi connectivity index (χ1v) is 15.8. The fourth-order valence-electron chi connectivity index (χ4n) is 4.77. The average Bonchev–Trinajstić information content (AvgIpc) is 2.85. The van der Waals surface area contributed by atoms with Crippen LogP contribution in [0.15, 0.2) is 23.8 Å². The van der Waals surface area contributed by atoms with E-state index in [2.05, 4.69) is 32.1 Å². The summed E-state index contributed by atoms with van der Waals surface area (Å²) < 4.78 is 0. The summed E-state index contributed by atoms with van der Waals surface area (Å²) in [5.41, 5.74) is 1.60. The minimum absolute atomic E-state index is 0.362. The van der Waals surface area contributed by atoms with Crippen molar-refractivity contribution in [2.45, 2.75) is 181 Å². The number of aliphatic hydroxyl groups is 1. The maximum absolute atomic E-state index is 8.84. The molecule has 0 unspecified atom stereocenters. The van der Waals surface area contributed by atoms with Gasteiger partial charge in [0.05, 0.1) is 0 Å². The molecule has 0 saturated carbocycles. The number of unbranched alkanes of at least 4 members (excludes halogenated alkanes) is 22. The molecule has 202 valence electrons. The first-order chi connectivity index (χ1) is 16.8. The van der Waals surface area contributed by atoms with Crippen molar-refractivity contribution in [3.63, 3.8) is 0 Å². The van der Waals surface area contributed by atoms with E-state index in [0.29, 0.717) is 6.61 Å². The lowest BCUT2D eigenvalue weighted by Gasteiger charge is -2.05. The van der Waals surface area contributed by atoms with Gasteiger partial charge in [-0.3, -0.25) is 0 Å². The summed E-state index contributed by atoms with van der Waals surface area (Å²) in [4.78, 5) is 0. The van der Waals surface area contributed by atoms with E-state index in [1.807, 2.05) is 0 Å². The molecule has 0 bridgehead atoms. The van der Waals surface area contributed by atoms with Crippen LogP contribution in [0.1, 0.15) is 181 Å². The molecule has 0 aliphatic carbocycles. The number of allylic oxidation sites excluding steroid dienone is 4. The maximum Gasteiger partial charge on any atom is 0.0431 e. The Hall–Kier alpha value is -0.560. The van der Waals surface area contributed by atoms with E-state index in [9.17, 15) is 0 Å². The van der Waals surface area contributed by atoms with Crippen molar-refractivity contribution < 1.29 is 5.11 Å². The molecular formula is C33H64O. The van der Waals surface area contributed by atoms with Gasteiger partial charge in [-0.1, -0.05) is 160 Å². The summed E-state index contributed by atoms with van der Waals surface area (Å²) in [5.74, 6) is 0. The minimum Gasteiger partial charge on any atom is -0.396 e. The molecule has 0 aromatic carbocycles. The SMILES string of the molecule is CCCCCCCCCCCCC/C=C\C(=C/CCCCCCCCCCO)CCCCCC. The van der Waals surface area contributed by atoms with Crippen molar-refractivity contribution in [2.24, 2.45) is 0 Å². The van der Waals surface area contributed by atoms with Gasteiger partial charge in [-0.25, -0.2) is 0 Å². The molecule has 0 aliphatic heterocycles. The Morgan fingerprint density at radius 1 is 0.471 bits per heavy atom. The lowest BCUT2D eigenvalue weighted by Crippen LogP contribution is -1.85. The molecule has 1 nitrogen and oxygen atoms in total. The molecule has 0 fully saturated rings. The van der Waals surface area contributed by atoms with E-state index in [4.69, 9.17) is 5.11 Å². The van der Waals surface area contributed by atoms with Gasteiger partial charge in [0.25, 0.3) is 0 Å². The molecule has 0 aliphatic rings. The van der Waals surface area contributed by atoms with Gasteiger partial charge in [0, 0.05) is 6.61 Å². The molecule has 0 spiro atoms. The van der Waals surface area contributed by atoms with E-state index in [-0.39, 0.29) is 0 Å². The van der Waals surface area contributed by atoms with Crippen LogP contribution in [0.2, 0.25) is 0 Å². The largest absolute Gasteiger partial charge is 0.396 e. The topological polar surface area (TPSA) is 20.2 Å². The number of rotatable bonds is 28. The predicted octanol–water partition coefficient (Wildman–Crippen LogP) is 11.6. The summed E-state index contributed by atoms with van der Waals surface area (Å²) >= 11 is 0. The summed E-state index contributed by atoms with van der Waals surface area (Å²) in [7, 11) is 0. The average molecular weight is 477 g/mol. The monoisotopic (exact) mass is 476 g/mol. The van der Waals surface area contributed by atoms with E-state index in [1.54, 1.807) is 5.57 Å². The lowest BCUT2D eigenvalue weighted by molar-refractivity contribution is 0.282. The summed E-state index contributed by atoms with van der Waals surface area (Å²) in [6.45, 7) is 4.96. The van der Waals surface area contributed by atoms with Crippen LogP contribution in [0, 0.1) is 0 Å². The zero-order valence-corrected chi connectivity index (χ0v) is 23.8. The van der Waals surface area contributed by atoms with Crippen molar-refractivity contribution in [3.05, 3.63) is 23.8 Å². The Morgan fingerprint density at radius 2 is 0.882 bits per heavy atom. The van der Waals surface area contributed by atoms with Gasteiger partial charge in [0.2, 0.25) is 0 Å². The molecule has 0 amide bonds. The Bertz CT molecular complexity index is 422. The van der Waals surface area contributed by atoms with Crippen molar-refractivity contribution >= 4 is 0 Å². The second-order valence-electron chi connectivity index (χ2n) is 10.7. The standard InChI is InChI=1S/C33H64O/c1-3-5-7-9-10-11-12-13-14-16-19-22-26-30-33(29-25-8-6-4-2)31-27-23-20-17-15-18-21-24-28-32-34/h26,30-31,34H,3-25,27-29,32H2,1-2H3/b30-26-,33-31-. The second kappa shape index (κ2) is 30.5. The Balaban J connectivity index is 3.86. The number of hydrogen-bond acceptors (Lipinski definition) is 1. The molecule has 0 saturated heterocycles. The molecule has 0 radical (unpaired) electrons. The highest BCUT2D eigenvalue weighted by molar-refractivity contribution is 5.18. The Kier molecular flexibility index (Phi) is 30.0. The minimum atomic E-state index is 0.362. The fraction of sp³-hybridized carbons (Fsp3) is 0.879. The van der Waals surface area contributed by atoms with E-state index in [0.717, 1.165) is 6.42 Å². The van der Waals surface area contributed by atoms with Gasteiger partial charge in [0.15, 0.2) is 0 Å². The summed E-state index contributed by atoms with van der Waals surface area (Å²) in [5, 5.41) is 8.84. The molecule has 1 N–H and O–H groups in total. The van der Waals surface area contributed by atoms with Gasteiger partial charge >= 0.3 is 0 Å². The van der Waals surface area contributed by atoms with Crippen LogP contribution in [0.4, 0.5) is 0 Å². The number of aliphatic hydroxyl groups excluding tert-OH is 1. The van der Waals surface area contributed by atoms with Crippen LogP contribution in [0.3, 0.4) is 0 Å². The molecule has 0 aromatic heterocycles. The Labute approximate surface area is 216 Å². The van der Waals surface area contributed by atoms with E-state index in [1.165, 1.54) is 161 Å². The second-order valence-corrected chi connectivity index (χ2v) is 10.7. The van der Waals surface area contributed by atoms with Crippen LogP contribution < -0.4 is 0 Å². The van der Waals surface area contributed by atoms with Crippen molar-refractivity contribution in [1.29, 1.82) is 0 Å². The fourth-order valence-corrected chi connectivity index (χ4v) is 4.77. The highest BCUT2D eigenvalue weighted by Crippen LogP contribution is 2.17. The van der Waals surface area contributed by atoms with Crippen LogP contribution in [-0.4, -0.2) is 11.7 Å². The molecular weight excluding hydrogens is 412 g/mol. The predicted molar refractivity (Wildman–Crippen MR) is 156 cm³/mol. The molecule has 0 rings (SSSR count). The summed E-state index contributed by atoms with van der Waals surface area (Å²) in [6, 6.07) is 0. The van der Waals surface area contributed by atoms with Crippen LogP contribution in [-0.2, 0) is 0 Å². The molecule has 1 heteroatoms. The normalized spacial score (nSPS) is 12.3. The maximum atomic E-state index is 8.84. The van der Waals surface area contributed by atoms with Crippen LogP contribution in [0.5, 0.6) is 0 Å². The van der Waals surface area contributed by atoms with E-state index < -0.39 is 0 Å². The van der Waals surface area contributed by atoms with Gasteiger partial charge in [0.1, 0.15) is 0 Å². The first-order valence-electron chi connectivity index (χ1n) is 15.8. The van der Waals surface area contributed by atoms with Crippen LogP contribution in [0.25, 0.3) is 0 Å². The lowest BCUT2D eigenvalue weighted by atomic mass is 10.0. The first kappa shape index (κ1) is 33.4. The molecule has 0 heterocycles. The smallest absolute Gasteiger partial charge is 0.0431 e. The van der Waals surface area contributed by atoms with Crippen molar-refractivity contribution in [3.8, 4) is 0 Å². The van der Waals surface area contributed by atoms with E-state index >= 15 is 0 Å². The molecule has 34 heavy (non-hydrogen) atoms.